The fourth-order valence-corrected chi connectivity index (χ4v) is 2.56. The van der Waals surface area contributed by atoms with Crippen LogP contribution in [0.1, 0.15) is 5.01 Å². The zero-order chi connectivity index (χ0) is 14.5. The van der Waals surface area contributed by atoms with Crippen molar-refractivity contribution in [2.24, 2.45) is 0 Å². The summed E-state index contributed by atoms with van der Waals surface area (Å²) in [5, 5.41) is 7.93. The Bertz CT molecular complexity index is 726. The van der Waals surface area contributed by atoms with Crippen molar-refractivity contribution in [1.29, 1.82) is 0 Å². The van der Waals surface area contributed by atoms with Gasteiger partial charge in [0.1, 0.15) is 5.82 Å². The van der Waals surface area contributed by atoms with Gasteiger partial charge in [0.15, 0.2) is 0 Å². The Hall–Kier alpha value is -2.34. The van der Waals surface area contributed by atoms with Gasteiger partial charge in [-0.3, -0.25) is 9.78 Å². The van der Waals surface area contributed by atoms with Gasteiger partial charge in [-0.05, 0) is 31.2 Å². The molecule has 0 spiro atoms. The van der Waals surface area contributed by atoms with Gasteiger partial charge >= 0.3 is 0 Å². The third-order valence-electron chi connectivity index (χ3n) is 2.52. The largest absolute Gasteiger partial charge is 0.483 e. The van der Waals surface area contributed by atoms with Crippen molar-refractivity contribution in [3.8, 4) is 11.3 Å². The predicted octanol–water partition coefficient (Wildman–Crippen LogP) is 3.51. The van der Waals surface area contributed by atoms with Crippen molar-refractivity contribution in [2.45, 2.75) is 6.92 Å². The van der Waals surface area contributed by atoms with Crippen molar-refractivity contribution in [3.63, 3.8) is 0 Å². The zero-order valence-electron chi connectivity index (χ0n) is 10.6. The lowest BCUT2D eigenvalue weighted by Crippen LogP contribution is -1.84. The van der Waals surface area contributed by atoms with Crippen molar-refractivity contribution in [2.75, 3.05) is 0 Å². The van der Waals surface area contributed by atoms with E-state index in [9.17, 15) is 4.39 Å². The summed E-state index contributed by atoms with van der Waals surface area (Å²) in [5.41, 5.74) is 2.69. The molecule has 0 radical (unpaired) electrons. The van der Waals surface area contributed by atoms with Crippen LogP contribution in [0.2, 0.25) is 0 Å². The fourth-order valence-electron chi connectivity index (χ4n) is 1.75. The molecule has 0 fully saturated rings. The van der Waals surface area contributed by atoms with Crippen LogP contribution in [0.3, 0.4) is 0 Å². The molecule has 20 heavy (non-hydrogen) atoms. The highest BCUT2D eigenvalue weighted by Gasteiger charge is 2.04. The van der Waals surface area contributed by atoms with Crippen LogP contribution in [0.25, 0.3) is 21.5 Å². The Morgan fingerprint density at radius 1 is 1.30 bits per heavy atom. The lowest BCUT2D eigenvalue weighted by Gasteiger charge is -1.99. The van der Waals surface area contributed by atoms with Crippen LogP contribution in [0, 0.1) is 12.7 Å². The quantitative estimate of drug-likeness (QED) is 0.697. The van der Waals surface area contributed by atoms with Crippen molar-refractivity contribution in [3.05, 3.63) is 47.4 Å². The summed E-state index contributed by atoms with van der Waals surface area (Å²) in [6, 6.07) is 9.09. The molecule has 1 aromatic carbocycles. The van der Waals surface area contributed by atoms with Gasteiger partial charge < -0.3 is 5.11 Å². The minimum atomic E-state index is -0.320. The van der Waals surface area contributed by atoms with Crippen LogP contribution in [0.4, 0.5) is 4.39 Å². The molecule has 0 aliphatic rings. The molecule has 2 heterocycles. The number of pyridine rings is 1. The van der Waals surface area contributed by atoms with Crippen LogP contribution >= 0.6 is 11.3 Å². The van der Waals surface area contributed by atoms with Crippen LogP contribution in [0.15, 0.2) is 36.5 Å². The first kappa shape index (κ1) is 14.1. The summed E-state index contributed by atoms with van der Waals surface area (Å²) in [7, 11) is 0. The van der Waals surface area contributed by atoms with Gasteiger partial charge in [0.2, 0.25) is 0 Å². The van der Waals surface area contributed by atoms with E-state index >= 15 is 0 Å². The number of hydrogen-bond donors (Lipinski definition) is 1. The Labute approximate surface area is 118 Å². The maximum Gasteiger partial charge on any atom is 0.290 e. The van der Waals surface area contributed by atoms with E-state index in [0.29, 0.717) is 0 Å². The van der Waals surface area contributed by atoms with Crippen LogP contribution in [0.5, 0.6) is 0 Å². The molecule has 0 bridgehead atoms. The minimum absolute atomic E-state index is 0.250. The van der Waals surface area contributed by atoms with E-state index in [4.69, 9.17) is 9.90 Å². The summed E-state index contributed by atoms with van der Waals surface area (Å²) in [6.45, 7) is 1.74. The molecule has 0 aliphatic carbocycles. The molecule has 4 nitrogen and oxygen atoms in total. The smallest absolute Gasteiger partial charge is 0.290 e. The van der Waals surface area contributed by atoms with Crippen molar-refractivity contribution in [1.82, 2.24) is 9.97 Å². The van der Waals surface area contributed by atoms with E-state index in [-0.39, 0.29) is 12.3 Å². The Balaban J connectivity index is 0.000000452. The molecule has 3 aromatic rings. The lowest BCUT2D eigenvalue weighted by atomic mass is 10.1. The van der Waals surface area contributed by atoms with E-state index in [0.717, 1.165) is 26.5 Å². The third kappa shape index (κ3) is 3.16. The van der Waals surface area contributed by atoms with Gasteiger partial charge in [0.05, 0.1) is 27.1 Å². The predicted molar refractivity (Wildman–Crippen MR) is 76.2 cm³/mol. The summed E-state index contributed by atoms with van der Waals surface area (Å²) < 4.78 is 13.9. The van der Waals surface area contributed by atoms with Crippen molar-refractivity contribution < 1.29 is 14.3 Å². The maximum atomic E-state index is 12.8. The average Bonchev–Trinajstić information content (AvgIpc) is 2.79. The number of thiazole rings is 1. The number of benzene rings is 1. The fraction of sp³-hybridized carbons (Fsp3) is 0.0714. The highest BCUT2D eigenvalue weighted by atomic mass is 32.1. The number of hydrogen-bond acceptors (Lipinski definition) is 4. The average molecular weight is 290 g/mol. The number of aryl methyl sites for hydroxylation is 1. The second-order valence-electron chi connectivity index (χ2n) is 3.88. The standard InChI is InChI=1S/C13H9FN2S.CH2O2/c1-8-16-12-6-9(2-5-13(12)17-8)11-4-3-10(14)7-15-11;2-1-3/h2-7H,1H3;1H,(H,2,3). The molecule has 0 saturated carbocycles. The first-order valence-corrected chi connectivity index (χ1v) is 6.52. The van der Waals surface area contributed by atoms with Crippen LogP contribution in [-0.4, -0.2) is 21.5 Å². The van der Waals surface area contributed by atoms with E-state index in [1.54, 1.807) is 17.4 Å². The second-order valence-corrected chi connectivity index (χ2v) is 5.12. The Kier molecular flexibility index (Phi) is 4.37. The highest BCUT2D eigenvalue weighted by molar-refractivity contribution is 7.18. The number of carbonyl (C=O) groups is 1. The summed E-state index contributed by atoms with van der Waals surface area (Å²) in [6.07, 6.45) is 1.23. The van der Waals surface area contributed by atoms with Crippen molar-refractivity contribution >= 4 is 28.0 Å². The molecular formula is C14H11FN2O2S. The molecule has 6 heteroatoms. The summed E-state index contributed by atoms with van der Waals surface area (Å²) in [4.78, 5) is 16.9. The molecule has 0 aliphatic heterocycles. The normalized spacial score (nSPS) is 9.90. The van der Waals surface area contributed by atoms with Crippen LogP contribution < -0.4 is 0 Å². The SMILES string of the molecule is Cc1nc2cc(-c3ccc(F)cn3)ccc2s1.O=CO. The number of halogens is 1. The van der Waals surface area contributed by atoms with Gasteiger partial charge in [-0.1, -0.05) is 6.07 Å². The highest BCUT2D eigenvalue weighted by Crippen LogP contribution is 2.26. The molecule has 0 unspecified atom stereocenters. The van der Waals surface area contributed by atoms with Gasteiger partial charge in [-0.15, -0.1) is 11.3 Å². The first-order chi connectivity index (χ1) is 9.63. The minimum Gasteiger partial charge on any atom is -0.483 e. The topological polar surface area (TPSA) is 63.1 Å². The molecule has 0 atom stereocenters. The molecular weight excluding hydrogens is 279 g/mol. The number of fused-ring (bicyclic) bond motifs is 1. The molecule has 0 saturated heterocycles. The summed E-state index contributed by atoms with van der Waals surface area (Å²) >= 11 is 1.67. The number of nitrogens with zero attached hydrogens (tertiary/aromatic N) is 2. The maximum absolute atomic E-state index is 12.8. The van der Waals surface area contributed by atoms with E-state index < -0.39 is 0 Å². The second kappa shape index (κ2) is 6.21. The number of aromatic nitrogens is 2. The first-order valence-electron chi connectivity index (χ1n) is 5.71. The molecule has 1 N–H and O–H groups in total. The molecule has 102 valence electrons. The molecule has 2 aromatic heterocycles. The number of carboxylic acid groups (broad SMARTS) is 1. The molecule has 0 amide bonds. The van der Waals surface area contributed by atoms with E-state index in [1.807, 2.05) is 25.1 Å². The summed E-state index contributed by atoms with van der Waals surface area (Å²) in [5.74, 6) is -0.320. The monoisotopic (exact) mass is 290 g/mol. The van der Waals surface area contributed by atoms with Crippen LogP contribution in [-0.2, 0) is 4.79 Å². The van der Waals surface area contributed by atoms with E-state index in [1.165, 1.54) is 12.3 Å². The third-order valence-corrected chi connectivity index (χ3v) is 3.47. The zero-order valence-corrected chi connectivity index (χ0v) is 11.4. The Morgan fingerprint density at radius 3 is 2.70 bits per heavy atom. The number of rotatable bonds is 1. The van der Waals surface area contributed by atoms with Gasteiger partial charge in [0, 0.05) is 5.56 Å². The molecule has 3 rings (SSSR count). The van der Waals surface area contributed by atoms with Gasteiger partial charge in [0.25, 0.3) is 6.47 Å². The lowest BCUT2D eigenvalue weighted by molar-refractivity contribution is -0.122. The van der Waals surface area contributed by atoms with E-state index in [2.05, 4.69) is 9.97 Å². The van der Waals surface area contributed by atoms with Gasteiger partial charge in [-0.25, -0.2) is 9.37 Å². The van der Waals surface area contributed by atoms with Gasteiger partial charge in [-0.2, -0.15) is 0 Å². The Morgan fingerprint density at radius 2 is 2.05 bits per heavy atom.